The molecule has 3 nitrogen and oxygen atoms in total. The van der Waals surface area contributed by atoms with Crippen molar-refractivity contribution < 1.29 is 0 Å². The first-order chi connectivity index (χ1) is 8.25. The van der Waals surface area contributed by atoms with E-state index in [1.54, 1.807) is 16.9 Å². The van der Waals surface area contributed by atoms with Crippen molar-refractivity contribution in [2.75, 3.05) is 0 Å². The zero-order chi connectivity index (χ0) is 11.8. The highest BCUT2D eigenvalue weighted by molar-refractivity contribution is 6.34. The second-order valence-electron chi connectivity index (χ2n) is 3.56. The van der Waals surface area contributed by atoms with Crippen LogP contribution < -0.4 is 0 Å². The molecule has 0 aliphatic heterocycles. The Balaban J connectivity index is 2.31. The first-order valence-electron chi connectivity index (χ1n) is 5.01. The summed E-state index contributed by atoms with van der Waals surface area (Å²) in [4.78, 5) is 3.94. The maximum Gasteiger partial charge on any atom is 0.159 e. The second-order valence-corrected chi connectivity index (χ2v) is 4.30. The third-order valence-corrected chi connectivity index (χ3v) is 2.98. The number of aromatic nitrogens is 3. The molecule has 0 fully saturated rings. The fourth-order valence-electron chi connectivity index (χ4n) is 1.75. The van der Waals surface area contributed by atoms with Crippen LogP contribution in [-0.2, 0) is 0 Å². The molecule has 0 saturated carbocycles. The van der Waals surface area contributed by atoms with E-state index in [1.807, 2.05) is 30.3 Å². The molecule has 17 heavy (non-hydrogen) atoms. The molecule has 5 heteroatoms. The van der Waals surface area contributed by atoms with Gasteiger partial charge < -0.3 is 0 Å². The van der Waals surface area contributed by atoms with Gasteiger partial charge in [0.25, 0.3) is 0 Å². The molecule has 3 aromatic rings. The smallest absolute Gasteiger partial charge is 0.159 e. The Labute approximate surface area is 108 Å². The normalized spacial score (nSPS) is 10.9. The molecule has 0 aliphatic carbocycles. The molecular weight excluding hydrogens is 257 g/mol. The summed E-state index contributed by atoms with van der Waals surface area (Å²) in [5.41, 5.74) is 1.79. The van der Waals surface area contributed by atoms with Crippen molar-refractivity contribution in [3.8, 4) is 5.69 Å². The Kier molecular flexibility index (Phi) is 2.50. The van der Waals surface area contributed by atoms with Gasteiger partial charge >= 0.3 is 0 Å². The molecule has 0 saturated heterocycles. The molecular formula is C12H7Cl2N3. The molecule has 0 N–H and O–H groups in total. The Morgan fingerprint density at radius 3 is 2.71 bits per heavy atom. The van der Waals surface area contributed by atoms with E-state index < -0.39 is 0 Å². The third-order valence-electron chi connectivity index (χ3n) is 2.50. The van der Waals surface area contributed by atoms with Crippen LogP contribution in [0.15, 0.2) is 42.6 Å². The Hall–Kier alpha value is -1.58. The lowest BCUT2D eigenvalue weighted by Crippen LogP contribution is -1.96. The molecule has 0 bridgehead atoms. The summed E-state index contributed by atoms with van der Waals surface area (Å²) < 4.78 is 1.76. The Morgan fingerprint density at radius 1 is 1.06 bits per heavy atom. The number of hydrogen-bond donors (Lipinski definition) is 0. The molecule has 3 rings (SSSR count). The minimum absolute atomic E-state index is 0.429. The summed E-state index contributed by atoms with van der Waals surface area (Å²) in [6.07, 6.45) is 1.64. The third kappa shape index (κ3) is 1.77. The number of hydrogen-bond acceptors (Lipinski definition) is 2. The molecule has 1 aromatic carbocycles. The van der Waals surface area contributed by atoms with Crippen molar-refractivity contribution in [1.82, 2.24) is 14.8 Å². The largest absolute Gasteiger partial charge is 0.244 e. The van der Waals surface area contributed by atoms with Gasteiger partial charge in [-0.3, -0.25) is 0 Å². The molecule has 2 aromatic heterocycles. The predicted octanol–water partition coefficient (Wildman–Crippen LogP) is 3.73. The molecule has 0 radical (unpaired) electrons. The average Bonchev–Trinajstić information content (AvgIpc) is 2.68. The number of benzene rings is 1. The van der Waals surface area contributed by atoms with Crippen LogP contribution in [0.1, 0.15) is 0 Å². The van der Waals surface area contributed by atoms with Gasteiger partial charge in [-0.15, -0.1) is 0 Å². The van der Waals surface area contributed by atoms with E-state index in [1.165, 1.54) is 0 Å². The minimum Gasteiger partial charge on any atom is -0.244 e. The Morgan fingerprint density at radius 2 is 1.88 bits per heavy atom. The van der Waals surface area contributed by atoms with Gasteiger partial charge in [-0.2, -0.15) is 5.10 Å². The molecule has 0 spiro atoms. The summed E-state index contributed by atoms with van der Waals surface area (Å²) >= 11 is 12.0. The van der Waals surface area contributed by atoms with Crippen LogP contribution in [0.2, 0.25) is 10.3 Å². The molecule has 0 unspecified atom stereocenters. The Bertz CT molecular complexity index is 691. The van der Waals surface area contributed by atoms with Crippen LogP contribution >= 0.6 is 23.2 Å². The molecule has 2 heterocycles. The van der Waals surface area contributed by atoms with E-state index in [-0.39, 0.29) is 0 Å². The summed E-state index contributed by atoms with van der Waals surface area (Å²) in [7, 11) is 0. The molecule has 84 valence electrons. The van der Waals surface area contributed by atoms with E-state index in [9.17, 15) is 0 Å². The number of para-hydroxylation sites is 1. The minimum atomic E-state index is 0.429. The molecule has 0 amide bonds. The van der Waals surface area contributed by atoms with Crippen LogP contribution in [0.3, 0.4) is 0 Å². The quantitative estimate of drug-likeness (QED) is 0.627. The zero-order valence-electron chi connectivity index (χ0n) is 8.64. The molecule has 0 atom stereocenters. The number of halogens is 2. The van der Waals surface area contributed by atoms with Gasteiger partial charge in [-0.25, -0.2) is 9.67 Å². The van der Waals surface area contributed by atoms with Gasteiger partial charge in [-0.05, 0) is 18.2 Å². The van der Waals surface area contributed by atoms with Crippen molar-refractivity contribution in [2.24, 2.45) is 0 Å². The SMILES string of the molecule is Clc1cc(-n2nc(Cl)c3ccccc32)ccn1. The van der Waals surface area contributed by atoms with Crippen molar-refractivity contribution in [2.45, 2.75) is 0 Å². The first-order valence-corrected chi connectivity index (χ1v) is 5.76. The maximum absolute atomic E-state index is 6.09. The van der Waals surface area contributed by atoms with Crippen LogP contribution in [-0.4, -0.2) is 14.8 Å². The van der Waals surface area contributed by atoms with E-state index in [4.69, 9.17) is 23.2 Å². The lowest BCUT2D eigenvalue weighted by Gasteiger charge is -2.02. The summed E-state index contributed by atoms with van der Waals surface area (Å²) in [6.45, 7) is 0. The van der Waals surface area contributed by atoms with E-state index >= 15 is 0 Å². The van der Waals surface area contributed by atoms with E-state index in [0.29, 0.717) is 10.3 Å². The average molecular weight is 264 g/mol. The van der Waals surface area contributed by atoms with Crippen LogP contribution in [0, 0.1) is 0 Å². The second kappa shape index (κ2) is 4.02. The lowest BCUT2D eigenvalue weighted by molar-refractivity contribution is 0.908. The fraction of sp³-hybridized carbons (Fsp3) is 0. The number of rotatable bonds is 1. The summed E-state index contributed by atoms with van der Waals surface area (Å²) in [5, 5.41) is 6.12. The monoisotopic (exact) mass is 263 g/mol. The first kappa shape index (κ1) is 10.6. The van der Waals surface area contributed by atoms with Gasteiger partial charge in [0.05, 0.1) is 11.2 Å². The topological polar surface area (TPSA) is 30.7 Å². The predicted molar refractivity (Wildman–Crippen MR) is 68.9 cm³/mol. The van der Waals surface area contributed by atoms with Gasteiger partial charge in [-0.1, -0.05) is 35.3 Å². The maximum atomic E-state index is 6.09. The van der Waals surface area contributed by atoms with Gasteiger partial charge in [0, 0.05) is 17.6 Å². The highest BCUT2D eigenvalue weighted by Crippen LogP contribution is 2.25. The van der Waals surface area contributed by atoms with Gasteiger partial charge in [0.1, 0.15) is 5.15 Å². The van der Waals surface area contributed by atoms with Gasteiger partial charge in [0.2, 0.25) is 0 Å². The zero-order valence-corrected chi connectivity index (χ0v) is 10.2. The number of fused-ring (bicyclic) bond motifs is 1. The van der Waals surface area contributed by atoms with Crippen molar-refractivity contribution >= 4 is 34.1 Å². The van der Waals surface area contributed by atoms with Crippen LogP contribution in [0.5, 0.6) is 0 Å². The van der Waals surface area contributed by atoms with E-state index in [2.05, 4.69) is 10.1 Å². The fourth-order valence-corrected chi connectivity index (χ4v) is 2.15. The van der Waals surface area contributed by atoms with Crippen molar-refractivity contribution in [1.29, 1.82) is 0 Å². The summed E-state index contributed by atoms with van der Waals surface area (Å²) in [6, 6.07) is 11.4. The van der Waals surface area contributed by atoms with Crippen molar-refractivity contribution in [3.63, 3.8) is 0 Å². The van der Waals surface area contributed by atoms with Crippen LogP contribution in [0.25, 0.3) is 16.6 Å². The lowest BCUT2D eigenvalue weighted by atomic mass is 10.2. The van der Waals surface area contributed by atoms with E-state index in [0.717, 1.165) is 16.6 Å². The highest BCUT2D eigenvalue weighted by atomic mass is 35.5. The standard InChI is InChI=1S/C12H7Cl2N3/c13-11-7-8(5-6-15-11)17-10-4-2-1-3-9(10)12(14)16-17/h1-7H. The number of pyridine rings is 1. The number of nitrogens with zero attached hydrogens (tertiary/aromatic N) is 3. The molecule has 0 aliphatic rings. The van der Waals surface area contributed by atoms with Crippen LogP contribution in [0.4, 0.5) is 0 Å². The van der Waals surface area contributed by atoms with Crippen molar-refractivity contribution in [3.05, 3.63) is 52.9 Å². The highest BCUT2D eigenvalue weighted by Gasteiger charge is 2.09. The summed E-state index contributed by atoms with van der Waals surface area (Å²) in [5.74, 6) is 0. The van der Waals surface area contributed by atoms with Gasteiger partial charge in [0.15, 0.2) is 5.15 Å².